The first kappa shape index (κ1) is 17.2. The molecule has 0 atom stereocenters. The van der Waals surface area contributed by atoms with Crippen molar-refractivity contribution in [3.8, 4) is 0 Å². The molecule has 0 radical (unpaired) electrons. The molecule has 1 saturated heterocycles. The van der Waals surface area contributed by atoms with Crippen LogP contribution in [0.4, 0.5) is 10.1 Å². The number of halogens is 1. The molecule has 1 aromatic heterocycles. The van der Waals surface area contributed by atoms with Crippen LogP contribution in [0, 0.1) is 11.7 Å². The number of nitrogens with zero attached hydrogens (tertiary/aromatic N) is 1. The van der Waals surface area contributed by atoms with Gasteiger partial charge in [-0.1, -0.05) is 0 Å². The van der Waals surface area contributed by atoms with Crippen LogP contribution < -0.4 is 11.1 Å². The van der Waals surface area contributed by atoms with E-state index in [2.05, 4.69) is 5.32 Å². The van der Waals surface area contributed by atoms with Gasteiger partial charge in [0.1, 0.15) is 17.8 Å². The Morgan fingerprint density at radius 1 is 1.24 bits per heavy atom. The monoisotopic (exact) mass is 345 g/mol. The fraction of sp³-hybridized carbons (Fsp3) is 0.333. The molecular weight excluding hydrogens is 325 g/mol. The van der Waals surface area contributed by atoms with Gasteiger partial charge in [-0.15, -0.1) is 0 Å². The number of piperidine rings is 1. The summed E-state index contributed by atoms with van der Waals surface area (Å²) in [6.07, 6.45) is 2.58. The Labute approximate surface area is 144 Å². The third-order valence-electron chi connectivity index (χ3n) is 4.37. The smallest absolute Gasteiger partial charge is 0.257 e. The summed E-state index contributed by atoms with van der Waals surface area (Å²) in [6, 6.07) is 7.31. The Balaban J connectivity index is 1.53. The lowest BCUT2D eigenvalue weighted by Crippen LogP contribution is -2.41. The molecule has 0 aliphatic carbocycles. The zero-order valence-electron chi connectivity index (χ0n) is 13.7. The molecule has 25 heavy (non-hydrogen) atoms. The van der Waals surface area contributed by atoms with Crippen LogP contribution >= 0.6 is 0 Å². The van der Waals surface area contributed by atoms with E-state index in [1.54, 1.807) is 11.0 Å². The number of hydrogen-bond acceptors (Lipinski definition) is 4. The third kappa shape index (κ3) is 4.06. The fourth-order valence-corrected chi connectivity index (χ4v) is 2.90. The van der Waals surface area contributed by atoms with E-state index in [1.165, 1.54) is 30.5 Å². The van der Waals surface area contributed by atoms with Crippen molar-refractivity contribution in [3.05, 3.63) is 53.7 Å². The van der Waals surface area contributed by atoms with Crippen molar-refractivity contribution in [1.29, 1.82) is 0 Å². The summed E-state index contributed by atoms with van der Waals surface area (Å²) in [7, 11) is 0. The van der Waals surface area contributed by atoms with Gasteiger partial charge in [-0.05, 0) is 43.2 Å². The van der Waals surface area contributed by atoms with Crippen molar-refractivity contribution < 1.29 is 18.4 Å². The van der Waals surface area contributed by atoms with Gasteiger partial charge in [-0.2, -0.15) is 0 Å². The SMILES string of the molecule is NCc1cc(C(=O)N2CCC(C(=O)Nc3ccc(F)cc3)CC2)co1. The first-order valence-electron chi connectivity index (χ1n) is 8.20. The lowest BCUT2D eigenvalue weighted by atomic mass is 9.95. The number of likely N-dealkylation sites (tertiary alicyclic amines) is 1. The molecule has 1 aromatic carbocycles. The molecule has 0 saturated carbocycles. The number of nitrogens with two attached hydrogens (primary N) is 1. The summed E-state index contributed by atoms with van der Waals surface area (Å²) in [5.74, 6) is -0.162. The van der Waals surface area contributed by atoms with Crippen molar-refractivity contribution in [1.82, 2.24) is 4.90 Å². The first-order valence-corrected chi connectivity index (χ1v) is 8.20. The standard InChI is InChI=1S/C18H20FN3O3/c19-14-1-3-15(4-2-14)21-17(23)12-5-7-22(8-6-12)18(24)13-9-16(10-20)25-11-13/h1-4,9,11-12H,5-8,10,20H2,(H,21,23). The lowest BCUT2D eigenvalue weighted by molar-refractivity contribution is -0.121. The van der Waals surface area contributed by atoms with E-state index < -0.39 is 0 Å². The average Bonchev–Trinajstić information content (AvgIpc) is 3.12. The number of nitrogens with one attached hydrogen (secondary N) is 1. The highest BCUT2D eigenvalue weighted by Gasteiger charge is 2.28. The van der Waals surface area contributed by atoms with Crippen LogP contribution in [0.25, 0.3) is 0 Å². The van der Waals surface area contributed by atoms with Crippen LogP contribution in [0.5, 0.6) is 0 Å². The molecule has 3 N–H and O–H groups in total. The first-order chi connectivity index (χ1) is 12.1. The molecule has 132 valence electrons. The molecular formula is C18H20FN3O3. The van der Waals surface area contributed by atoms with Crippen LogP contribution in [-0.4, -0.2) is 29.8 Å². The number of carbonyl (C=O) groups is 2. The lowest BCUT2D eigenvalue weighted by Gasteiger charge is -2.31. The zero-order valence-corrected chi connectivity index (χ0v) is 13.7. The Morgan fingerprint density at radius 3 is 2.52 bits per heavy atom. The van der Waals surface area contributed by atoms with Gasteiger partial charge < -0.3 is 20.4 Å². The predicted molar refractivity (Wildman–Crippen MR) is 90.3 cm³/mol. The molecule has 2 aromatic rings. The van der Waals surface area contributed by atoms with Gasteiger partial charge in [0.15, 0.2) is 0 Å². The van der Waals surface area contributed by atoms with E-state index in [-0.39, 0.29) is 30.1 Å². The molecule has 0 spiro atoms. The van der Waals surface area contributed by atoms with Gasteiger partial charge in [-0.3, -0.25) is 9.59 Å². The summed E-state index contributed by atoms with van der Waals surface area (Å²) in [4.78, 5) is 26.4. The highest BCUT2D eigenvalue weighted by Crippen LogP contribution is 2.22. The Morgan fingerprint density at radius 2 is 1.92 bits per heavy atom. The fourth-order valence-electron chi connectivity index (χ4n) is 2.90. The van der Waals surface area contributed by atoms with Crippen molar-refractivity contribution >= 4 is 17.5 Å². The highest BCUT2D eigenvalue weighted by molar-refractivity contribution is 5.95. The van der Waals surface area contributed by atoms with E-state index in [0.717, 1.165) is 0 Å². The predicted octanol–water partition coefficient (Wildman–Crippen LogP) is 2.37. The summed E-state index contributed by atoms with van der Waals surface area (Å²) in [5, 5.41) is 2.79. The van der Waals surface area contributed by atoms with Crippen LogP contribution in [-0.2, 0) is 11.3 Å². The second-order valence-corrected chi connectivity index (χ2v) is 6.07. The summed E-state index contributed by atoms with van der Waals surface area (Å²) >= 11 is 0. The van der Waals surface area contributed by atoms with Crippen LogP contribution in [0.3, 0.4) is 0 Å². The molecule has 1 fully saturated rings. The van der Waals surface area contributed by atoms with Gasteiger partial charge in [0.05, 0.1) is 12.1 Å². The molecule has 2 heterocycles. The second kappa shape index (κ2) is 7.48. The zero-order chi connectivity index (χ0) is 17.8. The summed E-state index contributed by atoms with van der Waals surface area (Å²) < 4.78 is 18.1. The van der Waals surface area contributed by atoms with E-state index in [4.69, 9.17) is 10.2 Å². The van der Waals surface area contributed by atoms with Gasteiger partial charge in [0.25, 0.3) is 5.91 Å². The molecule has 0 unspecified atom stereocenters. The second-order valence-electron chi connectivity index (χ2n) is 6.07. The average molecular weight is 345 g/mol. The van der Waals surface area contributed by atoms with Gasteiger partial charge >= 0.3 is 0 Å². The van der Waals surface area contributed by atoms with Crippen molar-refractivity contribution in [3.63, 3.8) is 0 Å². The molecule has 0 bridgehead atoms. The van der Waals surface area contributed by atoms with Crippen molar-refractivity contribution in [2.75, 3.05) is 18.4 Å². The van der Waals surface area contributed by atoms with Crippen molar-refractivity contribution in [2.24, 2.45) is 11.7 Å². The molecule has 7 heteroatoms. The minimum atomic E-state index is -0.346. The topological polar surface area (TPSA) is 88.6 Å². The molecule has 2 amide bonds. The van der Waals surface area contributed by atoms with Crippen LogP contribution in [0.15, 0.2) is 41.0 Å². The third-order valence-corrected chi connectivity index (χ3v) is 4.37. The number of benzene rings is 1. The maximum Gasteiger partial charge on any atom is 0.257 e. The van der Waals surface area contributed by atoms with E-state index in [0.29, 0.717) is 42.9 Å². The van der Waals surface area contributed by atoms with Gasteiger partial charge in [-0.25, -0.2) is 4.39 Å². The van der Waals surface area contributed by atoms with Crippen LogP contribution in [0.2, 0.25) is 0 Å². The Bertz CT molecular complexity index is 749. The van der Waals surface area contributed by atoms with Crippen molar-refractivity contribution in [2.45, 2.75) is 19.4 Å². The molecule has 1 aliphatic rings. The maximum atomic E-state index is 12.9. The summed E-state index contributed by atoms with van der Waals surface area (Å²) in [5.41, 5.74) is 6.53. The number of amides is 2. The van der Waals surface area contributed by atoms with E-state index >= 15 is 0 Å². The van der Waals surface area contributed by atoms with Gasteiger partial charge in [0, 0.05) is 24.7 Å². The number of carbonyl (C=O) groups excluding carboxylic acids is 2. The largest absolute Gasteiger partial charge is 0.467 e. The van der Waals surface area contributed by atoms with Gasteiger partial charge in [0.2, 0.25) is 5.91 Å². The number of hydrogen-bond donors (Lipinski definition) is 2. The van der Waals surface area contributed by atoms with E-state index in [1.807, 2.05) is 0 Å². The summed E-state index contributed by atoms with van der Waals surface area (Å²) in [6.45, 7) is 1.26. The van der Waals surface area contributed by atoms with Crippen LogP contribution in [0.1, 0.15) is 29.0 Å². The maximum absolute atomic E-state index is 12.9. The minimum Gasteiger partial charge on any atom is -0.467 e. The number of anilines is 1. The minimum absolute atomic E-state index is 0.104. The molecule has 6 nitrogen and oxygen atoms in total. The van der Waals surface area contributed by atoms with E-state index in [9.17, 15) is 14.0 Å². The number of furan rings is 1. The quantitative estimate of drug-likeness (QED) is 0.890. The molecule has 3 rings (SSSR count). The Hall–Kier alpha value is -2.67. The normalized spacial score (nSPS) is 15.2. The Kier molecular flexibility index (Phi) is 5.14. The highest BCUT2D eigenvalue weighted by atomic mass is 19.1. The number of rotatable bonds is 4. The molecule has 1 aliphatic heterocycles.